The van der Waals surface area contributed by atoms with Gasteiger partial charge in [0.2, 0.25) is 0 Å². The van der Waals surface area contributed by atoms with Crippen LogP contribution in [0, 0.1) is 17.7 Å². The van der Waals surface area contributed by atoms with Crippen molar-refractivity contribution >= 4 is 6.16 Å². The predicted molar refractivity (Wildman–Crippen MR) is 148 cm³/mol. The molecule has 2 saturated carbocycles. The van der Waals surface area contributed by atoms with Gasteiger partial charge < -0.3 is 9.47 Å². The Labute approximate surface area is 223 Å². The first-order chi connectivity index (χ1) is 18.1. The van der Waals surface area contributed by atoms with Crippen molar-refractivity contribution in [3.63, 3.8) is 0 Å². The van der Waals surface area contributed by atoms with E-state index in [1.54, 1.807) is 30.3 Å². The maximum atomic E-state index is 15.1. The molecular formula is C33H45FO3. The molecule has 0 aliphatic heterocycles. The molecule has 0 amide bonds. The topological polar surface area (TPSA) is 35.5 Å². The maximum Gasteiger partial charge on any atom is 0.514 e. The molecule has 2 aliphatic carbocycles. The molecule has 0 heterocycles. The second-order valence-corrected chi connectivity index (χ2v) is 11.4. The van der Waals surface area contributed by atoms with Gasteiger partial charge in [0.25, 0.3) is 0 Å². The highest BCUT2D eigenvalue weighted by Gasteiger charge is 2.25. The van der Waals surface area contributed by atoms with Gasteiger partial charge in [-0.2, -0.15) is 0 Å². The van der Waals surface area contributed by atoms with Crippen LogP contribution in [0.5, 0.6) is 5.75 Å². The Balaban J connectivity index is 1.25. The van der Waals surface area contributed by atoms with E-state index >= 15 is 4.39 Å². The predicted octanol–water partition coefficient (Wildman–Crippen LogP) is 10.2. The molecular weight excluding hydrogens is 463 g/mol. The van der Waals surface area contributed by atoms with Crippen LogP contribution in [0.25, 0.3) is 11.1 Å². The lowest BCUT2D eigenvalue weighted by Crippen LogP contribution is -2.26. The van der Waals surface area contributed by atoms with Gasteiger partial charge in [0.05, 0.1) is 0 Å². The molecule has 0 saturated heterocycles. The molecule has 0 spiro atoms. The van der Waals surface area contributed by atoms with E-state index in [-0.39, 0.29) is 11.9 Å². The number of carbonyl (C=O) groups excluding carboxylic acids is 1. The second-order valence-electron chi connectivity index (χ2n) is 11.4. The fourth-order valence-electron chi connectivity index (χ4n) is 6.39. The summed E-state index contributed by atoms with van der Waals surface area (Å²) in [6.07, 6.45) is 15.9. The zero-order chi connectivity index (χ0) is 26.0. The number of ether oxygens (including phenoxy) is 2. The van der Waals surface area contributed by atoms with Crippen LogP contribution in [-0.2, 0) is 4.74 Å². The Morgan fingerprint density at radius 2 is 1.49 bits per heavy atom. The molecule has 4 rings (SSSR count). The van der Waals surface area contributed by atoms with Gasteiger partial charge in [-0.3, -0.25) is 0 Å². The number of hydrogen-bond donors (Lipinski definition) is 0. The zero-order valence-corrected chi connectivity index (χ0v) is 22.9. The minimum Gasteiger partial charge on any atom is -0.431 e. The molecule has 0 N–H and O–H groups in total. The Kier molecular flexibility index (Phi) is 10.5. The van der Waals surface area contributed by atoms with E-state index in [0.717, 1.165) is 61.5 Å². The van der Waals surface area contributed by atoms with E-state index in [1.807, 2.05) is 6.07 Å². The highest BCUT2D eigenvalue weighted by molar-refractivity contribution is 5.68. The van der Waals surface area contributed by atoms with Crippen LogP contribution in [0.1, 0.15) is 115 Å². The SMILES string of the molecule is CCCCCC1CCC(OC(=O)Oc2ccc(-c3ccc(C4CCC(CCC)CC4)cc3F)cc2)CC1. The summed E-state index contributed by atoms with van der Waals surface area (Å²) < 4.78 is 26.1. The summed E-state index contributed by atoms with van der Waals surface area (Å²) >= 11 is 0. The van der Waals surface area contributed by atoms with Crippen molar-refractivity contribution in [2.45, 2.75) is 116 Å². The molecule has 2 fully saturated rings. The van der Waals surface area contributed by atoms with Gasteiger partial charge in [0.1, 0.15) is 17.7 Å². The van der Waals surface area contributed by atoms with Crippen molar-refractivity contribution in [1.29, 1.82) is 0 Å². The van der Waals surface area contributed by atoms with Gasteiger partial charge in [-0.05, 0) is 98.4 Å². The van der Waals surface area contributed by atoms with Crippen molar-refractivity contribution < 1.29 is 18.7 Å². The van der Waals surface area contributed by atoms with Crippen molar-refractivity contribution in [2.24, 2.45) is 11.8 Å². The lowest BCUT2D eigenvalue weighted by atomic mass is 9.77. The average Bonchev–Trinajstić information content (AvgIpc) is 2.91. The van der Waals surface area contributed by atoms with Crippen LogP contribution in [0.2, 0.25) is 0 Å². The molecule has 3 nitrogen and oxygen atoms in total. The number of halogens is 1. The van der Waals surface area contributed by atoms with E-state index < -0.39 is 6.16 Å². The molecule has 0 radical (unpaired) electrons. The number of benzene rings is 2. The summed E-state index contributed by atoms with van der Waals surface area (Å²) in [7, 11) is 0. The lowest BCUT2D eigenvalue weighted by molar-refractivity contribution is 0.0329. The lowest BCUT2D eigenvalue weighted by Gasteiger charge is -2.28. The summed E-state index contributed by atoms with van der Waals surface area (Å²) in [6.45, 7) is 4.49. The Morgan fingerprint density at radius 1 is 0.811 bits per heavy atom. The molecule has 2 aromatic rings. The Morgan fingerprint density at radius 3 is 2.14 bits per heavy atom. The third kappa shape index (κ3) is 8.06. The van der Waals surface area contributed by atoms with Gasteiger partial charge in [0, 0.05) is 5.56 Å². The highest BCUT2D eigenvalue weighted by Crippen LogP contribution is 2.39. The van der Waals surface area contributed by atoms with Crippen LogP contribution in [0.4, 0.5) is 9.18 Å². The third-order valence-electron chi connectivity index (χ3n) is 8.65. The molecule has 0 aromatic heterocycles. The summed E-state index contributed by atoms with van der Waals surface area (Å²) in [6, 6.07) is 12.7. The quantitative estimate of drug-likeness (QED) is 0.182. The number of unbranched alkanes of at least 4 members (excludes halogenated alkanes) is 2. The first kappa shape index (κ1) is 27.7. The van der Waals surface area contributed by atoms with E-state index in [1.165, 1.54) is 51.4 Å². The van der Waals surface area contributed by atoms with Crippen molar-refractivity contribution in [2.75, 3.05) is 0 Å². The standard InChI is InChI=1S/C33H45FO3/c1-3-5-6-8-25-11-18-29(19-12-25)36-33(35)37-30-20-15-27(16-21-30)31-22-17-28(23-32(31)34)26-13-9-24(7-4-2)10-14-26/h15-17,20-26,29H,3-14,18-19H2,1-2H3. The minimum absolute atomic E-state index is 0.0523. The summed E-state index contributed by atoms with van der Waals surface area (Å²) in [5.41, 5.74) is 2.47. The van der Waals surface area contributed by atoms with Crippen LogP contribution in [0.15, 0.2) is 42.5 Å². The van der Waals surface area contributed by atoms with Crippen molar-refractivity contribution in [3.8, 4) is 16.9 Å². The van der Waals surface area contributed by atoms with Crippen molar-refractivity contribution in [3.05, 3.63) is 53.8 Å². The molecule has 0 bridgehead atoms. The molecule has 0 atom stereocenters. The fourth-order valence-corrected chi connectivity index (χ4v) is 6.39. The largest absolute Gasteiger partial charge is 0.514 e. The third-order valence-corrected chi connectivity index (χ3v) is 8.65. The monoisotopic (exact) mass is 508 g/mol. The van der Waals surface area contributed by atoms with Gasteiger partial charge in [-0.25, -0.2) is 9.18 Å². The maximum absolute atomic E-state index is 15.1. The molecule has 0 unspecified atom stereocenters. The van der Waals surface area contributed by atoms with Crippen LogP contribution in [0.3, 0.4) is 0 Å². The highest BCUT2D eigenvalue weighted by atomic mass is 19.1. The van der Waals surface area contributed by atoms with Crippen LogP contribution in [-0.4, -0.2) is 12.3 Å². The van der Waals surface area contributed by atoms with Gasteiger partial charge in [-0.1, -0.05) is 76.6 Å². The number of carbonyl (C=O) groups is 1. The minimum atomic E-state index is -0.647. The zero-order valence-electron chi connectivity index (χ0n) is 22.9. The smallest absolute Gasteiger partial charge is 0.431 e. The summed E-state index contributed by atoms with van der Waals surface area (Å²) in [5.74, 6) is 2.31. The molecule has 4 heteroatoms. The van der Waals surface area contributed by atoms with E-state index in [4.69, 9.17) is 9.47 Å². The molecule has 202 valence electrons. The van der Waals surface area contributed by atoms with E-state index in [0.29, 0.717) is 17.2 Å². The number of rotatable bonds is 10. The van der Waals surface area contributed by atoms with Gasteiger partial charge in [0.15, 0.2) is 0 Å². The average molecular weight is 509 g/mol. The molecule has 37 heavy (non-hydrogen) atoms. The normalized spacial score (nSPS) is 24.0. The van der Waals surface area contributed by atoms with Gasteiger partial charge in [-0.15, -0.1) is 0 Å². The van der Waals surface area contributed by atoms with E-state index in [9.17, 15) is 4.79 Å². The Hall–Kier alpha value is -2.36. The Bertz CT molecular complexity index is 970. The van der Waals surface area contributed by atoms with Gasteiger partial charge >= 0.3 is 6.16 Å². The fraction of sp³-hybridized carbons (Fsp3) is 0.606. The summed E-state index contributed by atoms with van der Waals surface area (Å²) in [4.78, 5) is 12.3. The second kappa shape index (κ2) is 14.0. The number of hydrogen-bond acceptors (Lipinski definition) is 3. The molecule has 2 aliphatic rings. The first-order valence-electron chi connectivity index (χ1n) is 14.8. The van der Waals surface area contributed by atoms with Crippen LogP contribution >= 0.6 is 0 Å². The van der Waals surface area contributed by atoms with E-state index in [2.05, 4.69) is 19.9 Å². The summed E-state index contributed by atoms with van der Waals surface area (Å²) in [5, 5.41) is 0. The molecule has 2 aromatic carbocycles. The van der Waals surface area contributed by atoms with Crippen molar-refractivity contribution in [1.82, 2.24) is 0 Å². The first-order valence-corrected chi connectivity index (χ1v) is 14.8. The van der Waals surface area contributed by atoms with Crippen LogP contribution < -0.4 is 4.74 Å².